The van der Waals surface area contributed by atoms with Crippen molar-refractivity contribution in [2.75, 3.05) is 13.1 Å². The molecule has 1 aromatic heterocycles. The highest BCUT2D eigenvalue weighted by Gasteiger charge is 2.18. The van der Waals surface area contributed by atoms with Crippen LogP contribution in [0.5, 0.6) is 0 Å². The number of aromatic nitrogens is 2. The van der Waals surface area contributed by atoms with Gasteiger partial charge in [0, 0.05) is 32.8 Å². The Bertz CT molecular complexity index is 427. The van der Waals surface area contributed by atoms with Crippen molar-refractivity contribution < 1.29 is 4.79 Å². The molecule has 0 unspecified atom stereocenters. The zero-order valence-electron chi connectivity index (χ0n) is 11.1. The highest BCUT2D eigenvalue weighted by atomic mass is 32.1. The van der Waals surface area contributed by atoms with Gasteiger partial charge < -0.3 is 10.6 Å². The van der Waals surface area contributed by atoms with Crippen LogP contribution >= 0.6 is 12.2 Å². The Morgan fingerprint density at radius 2 is 2.28 bits per heavy atom. The van der Waals surface area contributed by atoms with Gasteiger partial charge in [-0.15, -0.1) is 0 Å². The van der Waals surface area contributed by atoms with E-state index >= 15 is 0 Å². The summed E-state index contributed by atoms with van der Waals surface area (Å²) < 4.78 is 1.62. The van der Waals surface area contributed by atoms with Crippen molar-refractivity contribution in [2.45, 2.75) is 20.3 Å². The van der Waals surface area contributed by atoms with Crippen molar-refractivity contribution in [3.8, 4) is 0 Å². The summed E-state index contributed by atoms with van der Waals surface area (Å²) >= 11 is 4.85. The summed E-state index contributed by atoms with van der Waals surface area (Å²) in [5, 5.41) is 4.13. The second kappa shape index (κ2) is 6.49. The topological polar surface area (TPSA) is 64.2 Å². The summed E-state index contributed by atoms with van der Waals surface area (Å²) in [7, 11) is 1.79. The van der Waals surface area contributed by atoms with Crippen LogP contribution in [0.25, 0.3) is 0 Å². The van der Waals surface area contributed by atoms with Crippen molar-refractivity contribution in [3.63, 3.8) is 0 Å². The molecular weight excluding hydrogens is 248 g/mol. The van der Waals surface area contributed by atoms with E-state index in [1.807, 2.05) is 0 Å². The number of aryl methyl sites for hydroxylation is 1. The number of rotatable bonds is 6. The molecule has 0 spiro atoms. The lowest BCUT2D eigenvalue weighted by Crippen LogP contribution is -2.36. The summed E-state index contributed by atoms with van der Waals surface area (Å²) in [6.45, 7) is 5.36. The number of hydrogen-bond donors (Lipinski definition) is 1. The van der Waals surface area contributed by atoms with Gasteiger partial charge in [-0.05, 0) is 12.0 Å². The molecule has 0 aliphatic rings. The molecule has 0 aromatic carbocycles. The smallest absolute Gasteiger partial charge is 0.274 e. The number of hydrogen-bond acceptors (Lipinski definition) is 3. The summed E-state index contributed by atoms with van der Waals surface area (Å²) in [6.07, 6.45) is 2.30. The minimum atomic E-state index is -0.0689. The van der Waals surface area contributed by atoms with Crippen molar-refractivity contribution in [1.82, 2.24) is 14.7 Å². The number of nitrogens with two attached hydrogens (primary N) is 1. The summed E-state index contributed by atoms with van der Waals surface area (Å²) in [5.74, 6) is 0.324. The van der Waals surface area contributed by atoms with Crippen LogP contribution in [0.4, 0.5) is 0 Å². The van der Waals surface area contributed by atoms with Gasteiger partial charge >= 0.3 is 0 Å². The van der Waals surface area contributed by atoms with Crippen LogP contribution in [0.2, 0.25) is 0 Å². The maximum atomic E-state index is 12.3. The standard InChI is InChI=1S/C12H20N4OS/c1-9(2)8-16(7-5-11(13)18)12(17)10-4-6-15(3)14-10/h4,6,9H,5,7-8H2,1-3H3,(H2,13,18). The van der Waals surface area contributed by atoms with Crippen molar-refractivity contribution in [3.05, 3.63) is 18.0 Å². The van der Waals surface area contributed by atoms with E-state index in [-0.39, 0.29) is 5.91 Å². The highest BCUT2D eigenvalue weighted by molar-refractivity contribution is 7.80. The molecule has 0 saturated heterocycles. The fourth-order valence-corrected chi connectivity index (χ4v) is 1.74. The molecule has 2 N–H and O–H groups in total. The lowest BCUT2D eigenvalue weighted by atomic mass is 10.2. The van der Waals surface area contributed by atoms with Crippen LogP contribution in [-0.4, -0.2) is 38.7 Å². The van der Waals surface area contributed by atoms with E-state index in [4.69, 9.17) is 18.0 Å². The molecule has 1 rings (SSSR count). The van der Waals surface area contributed by atoms with Gasteiger partial charge in [-0.3, -0.25) is 9.48 Å². The van der Waals surface area contributed by atoms with Crippen LogP contribution in [0.15, 0.2) is 12.3 Å². The monoisotopic (exact) mass is 268 g/mol. The minimum absolute atomic E-state index is 0.0689. The molecule has 0 aliphatic carbocycles. The van der Waals surface area contributed by atoms with Gasteiger partial charge in [-0.25, -0.2) is 0 Å². The van der Waals surface area contributed by atoms with E-state index in [2.05, 4.69) is 18.9 Å². The van der Waals surface area contributed by atoms with Crippen LogP contribution < -0.4 is 5.73 Å². The van der Waals surface area contributed by atoms with E-state index in [0.29, 0.717) is 36.1 Å². The average molecular weight is 268 g/mol. The van der Waals surface area contributed by atoms with Crippen molar-refractivity contribution >= 4 is 23.1 Å². The van der Waals surface area contributed by atoms with Gasteiger partial charge in [-0.2, -0.15) is 5.10 Å². The Morgan fingerprint density at radius 1 is 1.61 bits per heavy atom. The molecule has 0 fully saturated rings. The molecule has 6 heteroatoms. The molecule has 1 aromatic rings. The molecule has 1 amide bonds. The number of amides is 1. The number of carbonyl (C=O) groups is 1. The number of thiocarbonyl (C=S) groups is 1. The predicted octanol–water partition coefficient (Wildman–Crippen LogP) is 1.19. The van der Waals surface area contributed by atoms with E-state index in [1.54, 1.807) is 28.9 Å². The third kappa shape index (κ3) is 4.44. The minimum Gasteiger partial charge on any atom is -0.393 e. The first-order valence-corrected chi connectivity index (χ1v) is 6.38. The Hall–Kier alpha value is -1.43. The molecule has 1 heterocycles. The average Bonchev–Trinajstić information content (AvgIpc) is 2.69. The van der Waals surface area contributed by atoms with Gasteiger partial charge in [-0.1, -0.05) is 26.1 Å². The highest BCUT2D eigenvalue weighted by Crippen LogP contribution is 2.06. The second-order valence-electron chi connectivity index (χ2n) is 4.74. The molecule has 0 saturated carbocycles. The van der Waals surface area contributed by atoms with Gasteiger partial charge in [0.1, 0.15) is 5.69 Å². The maximum Gasteiger partial charge on any atom is 0.274 e. The summed E-state index contributed by atoms with van der Waals surface area (Å²) in [6, 6.07) is 1.72. The zero-order chi connectivity index (χ0) is 13.7. The molecule has 0 aliphatic heterocycles. The molecule has 18 heavy (non-hydrogen) atoms. The molecule has 0 atom stereocenters. The molecular formula is C12H20N4OS. The first-order valence-electron chi connectivity index (χ1n) is 5.97. The maximum absolute atomic E-state index is 12.3. The predicted molar refractivity (Wildman–Crippen MR) is 75.4 cm³/mol. The number of nitrogens with zero attached hydrogens (tertiary/aromatic N) is 3. The first kappa shape index (κ1) is 14.6. The van der Waals surface area contributed by atoms with Crippen LogP contribution in [0, 0.1) is 5.92 Å². The third-order valence-corrected chi connectivity index (χ3v) is 2.64. The van der Waals surface area contributed by atoms with Crippen molar-refractivity contribution in [2.24, 2.45) is 18.7 Å². The normalized spacial score (nSPS) is 10.7. The summed E-state index contributed by atoms with van der Waals surface area (Å²) in [4.78, 5) is 14.5. The van der Waals surface area contributed by atoms with E-state index in [9.17, 15) is 4.79 Å². The quantitative estimate of drug-likeness (QED) is 0.787. The van der Waals surface area contributed by atoms with Gasteiger partial charge in [0.05, 0.1) is 4.99 Å². The van der Waals surface area contributed by atoms with Gasteiger partial charge in [0.2, 0.25) is 0 Å². The Morgan fingerprint density at radius 3 is 2.72 bits per heavy atom. The SMILES string of the molecule is CC(C)CN(CCC(N)=S)C(=O)c1ccn(C)n1. The fraction of sp³-hybridized carbons (Fsp3) is 0.583. The Kier molecular flexibility index (Phi) is 5.27. The lowest BCUT2D eigenvalue weighted by Gasteiger charge is -2.23. The van der Waals surface area contributed by atoms with E-state index in [1.165, 1.54) is 0 Å². The Labute approximate surface area is 113 Å². The Balaban J connectivity index is 2.75. The number of carbonyl (C=O) groups excluding carboxylic acids is 1. The van der Waals surface area contributed by atoms with E-state index in [0.717, 1.165) is 0 Å². The molecule has 0 radical (unpaired) electrons. The van der Waals surface area contributed by atoms with E-state index < -0.39 is 0 Å². The molecule has 5 nitrogen and oxygen atoms in total. The van der Waals surface area contributed by atoms with Crippen LogP contribution in [0.3, 0.4) is 0 Å². The molecule has 0 bridgehead atoms. The first-order chi connectivity index (χ1) is 8.40. The van der Waals surface area contributed by atoms with Gasteiger partial charge in [0.15, 0.2) is 0 Å². The van der Waals surface area contributed by atoms with Crippen molar-refractivity contribution in [1.29, 1.82) is 0 Å². The zero-order valence-corrected chi connectivity index (χ0v) is 11.9. The largest absolute Gasteiger partial charge is 0.393 e. The summed E-state index contributed by atoms with van der Waals surface area (Å²) in [5.41, 5.74) is 5.95. The van der Waals surface area contributed by atoms with Crippen LogP contribution in [0.1, 0.15) is 30.8 Å². The van der Waals surface area contributed by atoms with Gasteiger partial charge in [0.25, 0.3) is 5.91 Å². The fourth-order valence-electron chi connectivity index (χ4n) is 1.65. The second-order valence-corrected chi connectivity index (χ2v) is 5.26. The van der Waals surface area contributed by atoms with Crippen LogP contribution in [-0.2, 0) is 7.05 Å². The lowest BCUT2D eigenvalue weighted by molar-refractivity contribution is 0.0734. The third-order valence-electron chi connectivity index (χ3n) is 2.43. The molecule has 100 valence electrons.